The molecule has 2 atom stereocenters. The lowest BCUT2D eigenvalue weighted by atomic mass is 9.62. The minimum Gasteiger partial charge on any atom is -0.383 e. The van der Waals surface area contributed by atoms with Gasteiger partial charge in [-0.2, -0.15) is 0 Å². The van der Waals surface area contributed by atoms with Crippen LogP contribution < -0.4 is 5.32 Å². The molecule has 0 unspecified atom stereocenters. The van der Waals surface area contributed by atoms with Crippen LogP contribution in [0.15, 0.2) is 12.1 Å². The molecule has 2 aliphatic rings. The second-order valence-corrected chi connectivity index (χ2v) is 8.06. The second kappa shape index (κ2) is 5.10. The van der Waals surface area contributed by atoms with Gasteiger partial charge in [0.1, 0.15) is 5.60 Å². The van der Waals surface area contributed by atoms with Gasteiger partial charge in [0.2, 0.25) is 0 Å². The minimum absolute atomic E-state index is 0.154. The molecule has 0 amide bonds. The van der Waals surface area contributed by atoms with Gasteiger partial charge in [-0.1, -0.05) is 38.0 Å². The second-order valence-electron chi connectivity index (χ2n) is 8.06. The van der Waals surface area contributed by atoms with E-state index in [9.17, 15) is 5.11 Å². The summed E-state index contributed by atoms with van der Waals surface area (Å²) in [6, 6.07) is 4.72. The first kappa shape index (κ1) is 15.1. The van der Waals surface area contributed by atoms with Crippen LogP contribution in [0.25, 0.3) is 0 Å². The van der Waals surface area contributed by atoms with Gasteiger partial charge in [0.05, 0.1) is 0 Å². The Kier molecular flexibility index (Phi) is 3.66. The van der Waals surface area contributed by atoms with Crippen molar-refractivity contribution in [2.24, 2.45) is 5.41 Å². The van der Waals surface area contributed by atoms with E-state index in [0.717, 1.165) is 25.8 Å². The quantitative estimate of drug-likeness (QED) is 0.827. The summed E-state index contributed by atoms with van der Waals surface area (Å²) in [5.74, 6) is 0. The van der Waals surface area contributed by atoms with Crippen molar-refractivity contribution >= 4 is 0 Å². The molecule has 2 heteroatoms. The molecule has 0 radical (unpaired) electrons. The molecule has 1 aromatic carbocycles. The van der Waals surface area contributed by atoms with Crippen molar-refractivity contribution in [2.45, 2.75) is 71.4 Å². The van der Waals surface area contributed by atoms with Crippen LogP contribution in [-0.2, 0) is 12.0 Å². The SMILES string of the molecule is Cc1cc(C)c2c(c1)CC(C)(C)C[C@]2(O)[C@@H]1CCCCN1. The fourth-order valence-electron chi connectivity index (χ4n) is 4.77. The van der Waals surface area contributed by atoms with Gasteiger partial charge in [-0.15, -0.1) is 0 Å². The van der Waals surface area contributed by atoms with Gasteiger partial charge in [-0.05, 0) is 68.2 Å². The molecular weight excluding hydrogens is 258 g/mol. The third-order valence-electron chi connectivity index (χ3n) is 5.30. The van der Waals surface area contributed by atoms with E-state index in [1.54, 1.807) is 0 Å². The number of nitrogens with one attached hydrogen (secondary N) is 1. The van der Waals surface area contributed by atoms with E-state index in [4.69, 9.17) is 0 Å². The lowest BCUT2D eigenvalue weighted by Crippen LogP contribution is -2.55. The van der Waals surface area contributed by atoms with Crippen molar-refractivity contribution < 1.29 is 5.11 Å². The zero-order chi connectivity index (χ0) is 15.3. The summed E-state index contributed by atoms with van der Waals surface area (Å²) in [5.41, 5.74) is 4.58. The molecule has 0 spiro atoms. The van der Waals surface area contributed by atoms with Gasteiger partial charge in [-0.3, -0.25) is 0 Å². The predicted molar refractivity (Wildman–Crippen MR) is 87.6 cm³/mol. The van der Waals surface area contributed by atoms with E-state index in [1.807, 2.05) is 0 Å². The normalized spacial score (nSPS) is 31.8. The molecule has 1 aliphatic heterocycles. The molecule has 3 rings (SSSR count). The first-order chi connectivity index (χ1) is 9.82. The van der Waals surface area contributed by atoms with Crippen LogP contribution >= 0.6 is 0 Å². The maximum Gasteiger partial charge on any atom is 0.106 e. The summed E-state index contributed by atoms with van der Waals surface area (Å²) in [6.45, 7) is 9.95. The molecule has 0 aromatic heterocycles. The van der Waals surface area contributed by atoms with Crippen LogP contribution in [0.5, 0.6) is 0 Å². The van der Waals surface area contributed by atoms with E-state index < -0.39 is 5.60 Å². The third kappa shape index (κ3) is 2.64. The first-order valence-electron chi connectivity index (χ1n) is 8.38. The van der Waals surface area contributed by atoms with Crippen LogP contribution in [0.4, 0.5) is 0 Å². The van der Waals surface area contributed by atoms with Crippen LogP contribution in [0.1, 0.15) is 61.8 Å². The van der Waals surface area contributed by atoms with Crippen molar-refractivity contribution in [1.82, 2.24) is 5.32 Å². The highest BCUT2D eigenvalue weighted by Crippen LogP contribution is 2.48. The Morgan fingerprint density at radius 3 is 2.62 bits per heavy atom. The summed E-state index contributed by atoms with van der Waals surface area (Å²) in [4.78, 5) is 0. The third-order valence-corrected chi connectivity index (χ3v) is 5.30. The largest absolute Gasteiger partial charge is 0.383 e. The summed E-state index contributed by atoms with van der Waals surface area (Å²) >= 11 is 0. The van der Waals surface area contributed by atoms with Gasteiger partial charge in [0, 0.05) is 6.04 Å². The predicted octanol–water partition coefficient (Wildman–Crippen LogP) is 3.61. The van der Waals surface area contributed by atoms with Crippen LogP contribution in [0.2, 0.25) is 0 Å². The van der Waals surface area contributed by atoms with Gasteiger partial charge < -0.3 is 10.4 Å². The summed E-state index contributed by atoms with van der Waals surface area (Å²) in [5, 5.41) is 15.3. The topological polar surface area (TPSA) is 32.3 Å². The lowest BCUT2D eigenvalue weighted by Gasteiger charge is -2.49. The molecule has 1 saturated heterocycles. The average molecular weight is 287 g/mol. The molecule has 0 saturated carbocycles. The van der Waals surface area contributed by atoms with E-state index in [-0.39, 0.29) is 11.5 Å². The minimum atomic E-state index is -0.713. The molecule has 0 bridgehead atoms. The number of hydrogen-bond acceptors (Lipinski definition) is 2. The smallest absolute Gasteiger partial charge is 0.106 e. The number of rotatable bonds is 1. The fraction of sp³-hybridized carbons (Fsp3) is 0.684. The van der Waals surface area contributed by atoms with E-state index in [2.05, 4.69) is 45.1 Å². The fourth-order valence-corrected chi connectivity index (χ4v) is 4.77. The van der Waals surface area contributed by atoms with Crippen molar-refractivity contribution in [3.05, 3.63) is 34.4 Å². The van der Waals surface area contributed by atoms with Crippen molar-refractivity contribution in [1.29, 1.82) is 0 Å². The summed E-state index contributed by atoms with van der Waals surface area (Å²) in [7, 11) is 0. The first-order valence-corrected chi connectivity index (χ1v) is 8.38. The van der Waals surface area contributed by atoms with Crippen molar-refractivity contribution in [3.63, 3.8) is 0 Å². The van der Waals surface area contributed by atoms with E-state index in [1.165, 1.54) is 35.1 Å². The highest BCUT2D eigenvalue weighted by Gasteiger charge is 2.48. The number of fused-ring (bicyclic) bond motifs is 1. The standard InChI is InChI=1S/C19H29NO/c1-13-9-14(2)17-15(10-13)11-18(3,4)12-19(17,21)16-7-5-6-8-20-16/h9-10,16,20-21H,5-8,11-12H2,1-4H3/t16-,19-/m0/s1. The molecule has 1 heterocycles. The Hall–Kier alpha value is -0.860. The van der Waals surface area contributed by atoms with Gasteiger partial charge in [-0.25, -0.2) is 0 Å². The number of hydrogen-bond donors (Lipinski definition) is 2. The molecule has 1 fully saturated rings. The van der Waals surface area contributed by atoms with Crippen LogP contribution in [0.3, 0.4) is 0 Å². The molecule has 1 aliphatic carbocycles. The van der Waals surface area contributed by atoms with Crippen LogP contribution in [0, 0.1) is 19.3 Å². The number of aryl methyl sites for hydroxylation is 2. The van der Waals surface area contributed by atoms with Crippen LogP contribution in [-0.4, -0.2) is 17.7 Å². The Morgan fingerprint density at radius 1 is 1.19 bits per heavy atom. The van der Waals surface area contributed by atoms with Gasteiger partial charge in [0.25, 0.3) is 0 Å². The summed E-state index contributed by atoms with van der Waals surface area (Å²) in [6.07, 6.45) is 5.46. The highest BCUT2D eigenvalue weighted by molar-refractivity contribution is 5.45. The molecule has 21 heavy (non-hydrogen) atoms. The van der Waals surface area contributed by atoms with E-state index in [0.29, 0.717) is 0 Å². The van der Waals surface area contributed by atoms with Crippen molar-refractivity contribution in [2.75, 3.05) is 6.54 Å². The average Bonchev–Trinajstić information content (AvgIpc) is 2.36. The van der Waals surface area contributed by atoms with E-state index >= 15 is 0 Å². The lowest BCUT2D eigenvalue weighted by molar-refractivity contribution is -0.0573. The molecule has 2 N–H and O–H groups in total. The Morgan fingerprint density at radius 2 is 1.95 bits per heavy atom. The summed E-state index contributed by atoms with van der Waals surface area (Å²) < 4.78 is 0. The number of aliphatic hydroxyl groups is 1. The maximum absolute atomic E-state index is 11.7. The van der Waals surface area contributed by atoms with Gasteiger partial charge >= 0.3 is 0 Å². The Balaban J connectivity index is 2.12. The van der Waals surface area contributed by atoms with Gasteiger partial charge in [0.15, 0.2) is 0 Å². The highest BCUT2D eigenvalue weighted by atomic mass is 16.3. The Labute approximate surface area is 129 Å². The molecule has 1 aromatic rings. The zero-order valence-corrected chi connectivity index (χ0v) is 13.9. The number of benzene rings is 1. The molecular formula is C19H29NO. The Bertz CT molecular complexity index is 543. The number of piperidine rings is 1. The molecule has 116 valence electrons. The maximum atomic E-state index is 11.7. The molecule has 2 nitrogen and oxygen atoms in total. The van der Waals surface area contributed by atoms with Crippen molar-refractivity contribution in [3.8, 4) is 0 Å². The zero-order valence-electron chi connectivity index (χ0n) is 13.9. The monoisotopic (exact) mass is 287 g/mol.